The van der Waals surface area contributed by atoms with Crippen molar-refractivity contribution >= 4 is 27.5 Å². The predicted molar refractivity (Wildman–Crippen MR) is 93.5 cm³/mol. The van der Waals surface area contributed by atoms with E-state index < -0.39 is 11.7 Å². The van der Waals surface area contributed by atoms with E-state index in [1.54, 1.807) is 6.07 Å². The van der Waals surface area contributed by atoms with Gasteiger partial charge >= 0.3 is 0 Å². The van der Waals surface area contributed by atoms with Gasteiger partial charge in [-0.1, -0.05) is 35.8 Å². The highest BCUT2D eigenvalue weighted by Gasteiger charge is 2.09. The molecule has 0 bridgehead atoms. The van der Waals surface area contributed by atoms with Crippen LogP contribution in [0.15, 0.2) is 40.9 Å². The number of anilines is 1. The molecule has 0 aliphatic heterocycles. The lowest BCUT2D eigenvalue weighted by molar-refractivity contribution is -0.118. The molecule has 0 spiro atoms. The zero-order valence-corrected chi connectivity index (χ0v) is 14.9. The number of amides is 1. The van der Waals surface area contributed by atoms with E-state index in [9.17, 15) is 9.18 Å². The quantitative estimate of drug-likeness (QED) is 0.790. The lowest BCUT2D eigenvalue weighted by Crippen LogP contribution is -2.20. The Morgan fingerprint density at radius 3 is 2.61 bits per heavy atom. The van der Waals surface area contributed by atoms with Crippen molar-refractivity contribution in [3.8, 4) is 5.75 Å². The molecule has 0 radical (unpaired) electrons. The first-order valence-electron chi connectivity index (χ1n) is 7.35. The standard InChI is InChI=1S/C18H19BrFNO2/c1-11(2)15-6-5-14(8-12(15)3)23-10-18(22)21-17-7-4-13(19)9-16(17)20/h4-9,11H,10H2,1-3H3,(H,21,22). The van der Waals surface area contributed by atoms with Gasteiger partial charge in [0.25, 0.3) is 5.91 Å². The van der Waals surface area contributed by atoms with E-state index in [1.807, 2.05) is 25.1 Å². The maximum Gasteiger partial charge on any atom is 0.262 e. The van der Waals surface area contributed by atoms with Gasteiger partial charge in [0.15, 0.2) is 6.61 Å². The van der Waals surface area contributed by atoms with Crippen LogP contribution in [-0.4, -0.2) is 12.5 Å². The van der Waals surface area contributed by atoms with Gasteiger partial charge in [0.2, 0.25) is 0 Å². The van der Waals surface area contributed by atoms with E-state index in [-0.39, 0.29) is 12.3 Å². The molecule has 2 rings (SSSR count). The lowest BCUT2D eigenvalue weighted by Gasteiger charge is -2.12. The van der Waals surface area contributed by atoms with Crippen LogP contribution in [0.2, 0.25) is 0 Å². The molecule has 2 aromatic carbocycles. The number of halogens is 2. The second kappa shape index (κ2) is 7.59. The van der Waals surface area contributed by atoms with Crippen molar-refractivity contribution in [3.05, 3.63) is 57.8 Å². The third-order valence-corrected chi connectivity index (χ3v) is 3.93. The Labute approximate surface area is 144 Å². The SMILES string of the molecule is Cc1cc(OCC(=O)Nc2ccc(Br)cc2F)ccc1C(C)C. The summed E-state index contributed by atoms with van der Waals surface area (Å²) in [5.74, 6) is 0.160. The minimum absolute atomic E-state index is 0.133. The van der Waals surface area contributed by atoms with Crippen LogP contribution in [0.1, 0.15) is 30.9 Å². The molecule has 0 atom stereocenters. The summed E-state index contributed by atoms with van der Waals surface area (Å²) in [6.07, 6.45) is 0. The molecule has 1 N–H and O–H groups in total. The lowest BCUT2D eigenvalue weighted by atomic mass is 9.98. The molecule has 1 amide bonds. The van der Waals surface area contributed by atoms with Gasteiger partial charge < -0.3 is 10.1 Å². The van der Waals surface area contributed by atoms with Gasteiger partial charge in [0, 0.05) is 4.47 Å². The minimum Gasteiger partial charge on any atom is -0.484 e. The normalized spacial score (nSPS) is 10.7. The third kappa shape index (κ3) is 4.79. The van der Waals surface area contributed by atoms with Gasteiger partial charge in [0.1, 0.15) is 11.6 Å². The highest BCUT2D eigenvalue weighted by Crippen LogP contribution is 2.23. The molecule has 0 unspecified atom stereocenters. The van der Waals surface area contributed by atoms with Crippen LogP contribution in [0.25, 0.3) is 0 Å². The third-order valence-electron chi connectivity index (χ3n) is 3.44. The van der Waals surface area contributed by atoms with Crippen LogP contribution in [-0.2, 0) is 4.79 Å². The van der Waals surface area contributed by atoms with E-state index in [0.29, 0.717) is 16.1 Å². The average molecular weight is 380 g/mol. The minimum atomic E-state index is -0.496. The highest BCUT2D eigenvalue weighted by molar-refractivity contribution is 9.10. The molecule has 0 aromatic heterocycles. The summed E-state index contributed by atoms with van der Waals surface area (Å²) in [4.78, 5) is 11.9. The van der Waals surface area contributed by atoms with Crippen LogP contribution in [0.5, 0.6) is 5.75 Å². The second-order valence-corrected chi connectivity index (χ2v) is 6.55. The molecular weight excluding hydrogens is 361 g/mol. The highest BCUT2D eigenvalue weighted by atomic mass is 79.9. The first kappa shape index (κ1) is 17.5. The Hall–Kier alpha value is -1.88. The smallest absolute Gasteiger partial charge is 0.262 e. The molecular formula is C18H19BrFNO2. The maximum atomic E-state index is 13.7. The molecule has 0 saturated heterocycles. The number of carbonyl (C=O) groups excluding carboxylic acids is 1. The van der Waals surface area contributed by atoms with Crippen LogP contribution >= 0.6 is 15.9 Å². The van der Waals surface area contributed by atoms with Crippen molar-refractivity contribution in [2.75, 3.05) is 11.9 Å². The second-order valence-electron chi connectivity index (χ2n) is 5.63. The van der Waals surface area contributed by atoms with Crippen LogP contribution in [0.3, 0.4) is 0 Å². The van der Waals surface area contributed by atoms with Crippen molar-refractivity contribution < 1.29 is 13.9 Å². The van der Waals surface area contributed by atoms with E-state index >= 15 is 0 Å². The van der Waals surface area contributed by atoms with Crippen molar-refractivity contribution in [2.45, 2.75) is 26.7 Å². The molecule has 0 aliphatic carbocycles. The van der Waals surface area contributed by atoms with Gasteiger partial charge in [-0.3, -0.25) is 4.79 Å². The Morgan fingerprint density at radius 2 is 2.00 bits per heavy atom. The molecule has 0 fully saturated rings. The van der Waals surface area contributed by atoms with E-state index in [1.165, 1.54) is 17.7 Å². The van der Waals surface area contributed by atoms with Crippen molar-refractivity contribution in [1.29, 1.82) is 0 Å². The number of aryl methyl sites for hydroxylation is 1. The summed E-state index contributed by atoms with van der Waals surface area (Å²) in [7, 11) is 0. The van der Waals surface area contributed by atoms with Crippen LogP contribution in [0.4, 0.5) is 10.1 Å². The molecule has 2 aromatic rings. The molecule has 5 heteroatoms. The topological polar surface area (TPSA) is 38.3 Å². The number of carbonyl (C=O) groups is 1. The summed E-state index contributed by atoms with van der Waals surface area (Å²) in [5.41, 5.74) is 2.50. The van der Waals surface area contributed by atoms with Gasteiger partial charge in [-0.15, -0.1) is 0 Å². The number of hydrogen-bond acceptors (Lipinski definition) is 2. The van der Waals surface area contributed by atoms with Crippen LogP contribution in [0, 0.1) is 12.7 Å². The summed E-state index contributed by atoms with van der Waals surface area (Å²) < 4.78 is 19.8. The summed E-state index contributed by atoms with van der Waals surface area (Å²) in [6.45, 7) is 6.10. The zero-order valence-electron chi connectivity index (χ0n) is 13.3. The molecule has 0 saturated carbocycles. The molecule has 23 heavy (non-hydrogen) atoms. The number of ether oxygens (including phenoxy) is 1. The van der Waals surface area contributed by atoms with Gasteiger partial charge in [-0.05, 0) is 54.3 Å². The number of hydrogen-bond donors (Lipinski definition) is 1. The first-order valence-corrected chi connectivity index (χ1v) is 8.14. The Balaban J connectivity index is 1.95. The molecule has 0 heterocycles. The molecule has 3 nitrogen and oxygen atoms in total. The summed E-state index contributed by atoms with van der Waals surface area (Å²) >= 11 is 3.17. The van der Waals surface area contributed by atoms with Gasteiger partial charge in [-0.25, -0.2) is 4.39 Å². The van der Waals surface area contributed by atoms with Crippen molar-refractivity contribution in [1.82, 2.24) is 0 Å². The van der Waals surface area contributed by atoms with E-state index in [0.717, 1.165) is 5.56 Å². The van der Waals surface area contributed by atoms with Crippen LogP contribution < -0.4 is 10.1 Å². The van der Waals surface area contributed by atoms with Gasteiger partial charge in [-0.2, -0.15) is 0 Å². The van der Waals surface area contributed by atoms with Crippen molar-refractivity contribution in [3.63, 3.8) is 0 Å². The fraction of sp³-hybridized carbons (Fsp3) is 0.278. The Bertz CT molecular complexity index is 716. The summed E-state index contributed by atoms with van der Waals surface area (Å²) in [5, 5.41) is 2.49. The predicted octanol–water partition coefficient (Wildman–Crippen LogP) is 5.04. The summed E-state index contributed by atoms with van der Waals surface area (Å²) in [6, 6.07) is 10.2. The monoisotopic (exact) mass is 379 g/mol. The van der Waals surface area contributed by atoms with E-state index in [4.69, 9.17) is 4.74 Å². The number of rotatable bonds is 5. The first-order chi connectivity index (χ1) is 10.9. The Kier molecular flexibility index (Phi) is 5.77. The average Bonchev–Trinajstić information content (AvgIpc) is 2.48. The molecule has 0 aliphatic rings. The maximum absolute atomic E-state index is 13.7. The van der Waals surface area contributed by atoms with E-state index in [2.05, 4.69) is 35.1 Å². The van der Waals surface area contributed by atoms with Crippen molar-refractivity contribution in [2.24, 2.45) is 0 Å². The fourth-order valence-corrected chi connectivity index (χ4v) is 2.64. The number of benzene rings is 2. The molecule has 122 valence electrons. The fourth-order valence-electron chi connectivity index (χ4n) is 2.31. The largest absolute Gasteiger partial charge is 0.484 e. The number of nitrogens with one attached hydrogen (secondary N) is 1. The van der Waals surface area contributed by atoms with Gasteiger partial charge in [0.05, 0.1) is 5.69 Å². The Morgan fingerprint density at radius 1 is 1.26 bits per heavy atom. The zero-order chi connectivity index (χ0) is 17.0.